The number of hydrogen-bond donors (Lipinski definition) is 1. The van der Waals surface area contributed by atoms with Gasteiger partial charge in [0.05, 0.1) is 0 Å². The van der Waals surface area contributed by atoms with Crippen LogP contribution >= 0.6 is 0 Å². The van der Waals surface area contributed by atoms with Crippen molar-refractivity contribution in [3.05, 3.63) is 0 Å². The predicted molar refractivity (Wildman–Crippen MR) is 51.7 cm³/mol. The van der Waals surface area contributed by atoms with Crippen LogP contribution in [-0.4, -0.2) is 29.4 Å². The summed E-state index contributed by atoms with van der Waals surface area (Å²) in [7, 11) is 1.69. The van der Waals surface area contributed by atoms with Crippen LogP contribution in [0.15, 0.2) is 0 Å². The number of nitrogens with zero attached hydrogens (tertiary/aromatic N) is 1. The fraction of sp³-hybridized carbons (Fsp3) is 0.800. The van der Waals surface area contributed by atoms with Crippen LogP contribution in [0, 0.1) is 5.92 Å². The van der Waals surface area contributed by atoms with Crippen LogP contribution < -0.4 is 5.32 Å². The molecule has 0 aromatic carbocycles. The van der Waals surface area contributed by atoms with E-state index in [0.29, 0.717) is 5.92 Å². The van der Waals surface area contributed by atoms with Gasteiger partial charge in [-0.2, -0.15) is 0 Å². The molecule has 0 aromatic rings. The molecule has 1 aliphatic carbocycles. The third kappa shape index (κ3) is 1.21. The minimum Gasteiger partial charge on any atom is -0.313 e. The topological polar surface area (TPSA) is 49.4 Å². The van der Waals surface area contributed by atoms with Crippen LogP contribution in [-0.2, 0) is 4.79 Å². The Labute approximate surface area is 83.6 Å². The molecule has 3 amide bonds. The van der Waals surface area contributed by atoms with Crippen LogP contribution in [0.1, 0.15) is 32.6 Å². The number of carbonyl (C=O) groups is 2. The number of rotatable bonds is 2. The van der Waals surface area contributed by atoms with Gasteiger partial charge in [-0.3, -0.25) is 10.1 Å². The summed E-state index contributed by atoms with van der Waals surface area (Å²) >= 11 is 0. The quantitative estimate of drug-likeness (QED) is 0.673. The van der Waals surface area contributed by atoms with Crippen LogP contribution in [0.25, 0.3) is 0 Å². The van der Waals surface area contributed by atoms with Gasteiger partial charge >= 0.3 is 6.03 Å². The molecule has 4 heteroatoms. The van der Waals surface area contributed by atoms with E-state index in [2.05, 4.69) is 5.32 Å². The lowest BCUT2D eigenvalue weighted by Gasteiger charge is -2.36. The van der Waals surface area contributed by atoms with Crippen molar-refractivity contribution >= 4 is 11.9 Å². The predicted octanol–water partition coefficient (Wildman–Crippen LogP) is 1.12. The molecule has 1 unspecified atom stereocenters. The van der Waals surface area contributed by atoms with Crippen molar-refractivity contribution < 1.29 is 9.59 Å². The Balaban J connectivity index is 2.11. The van der Waals surface area contributed by atoms with E-state index in [4.69, 9.17) is 0 Å². The van der Waals surface area contributed by atoms with Gasteiger partial charge in [0.25, 0.3) is 5.91 Å². The van der Waals surface area contributed by atoms with Crippen molar-refractivity contribution in [1.82, 2.24) is 10.2 Å². The first-order chi connectivity index (χ1) is 6.54. The second kappa shape index (κ2) is 2.97. The Morgan fingerprint density at radius 1 is 1.50 bits per heavy atom. The summed E-state index contributed by atoms with van der Waals surface area (Å²) in [5.41, 5.74) is -0.609. The molecular weight excluding hydrogens is 180 g/mol. The van der Waals surface area contributed by atoms with Gasteiger partial charge in [0, 0.05) is 7.05 Å². The highest BCUT2D eigenvalue weighted by molar-refractivity contribution is 6.06. The average Bonchev–Trinajstić information content (AvgIpc) is 2.25. The first kappa shape index (κ1) is 9.49. The van der Waals surface area contributed by atoms with Crippen molar-refractivity contribution in [1.29, 1.82) is 0 Å². The maximum Gasteiger partial charge on any atom is 0.324 e. The summed E-state index contributed by atoms with van der Waals surface area (Å²) in [6.45, 7) is 1.85. The van der Waals surface area contributed by atoms with Crippen LogP contribution in [0.2, 0.25) is 0 Å². The molecule has 2 aliphatic rings. The smallest absolute Gasteiger partial charge is 0.313 e. The van der Waals surface area contributed by atoms with Gasteiger partial charge < -0.3 is 4.90 Å². The average molecular weight is 196 g/mol. The monoisotopic (exact) mass is 196 g/mol. The van der Waals surface area contributed by atoms with Gasteiger partial charge in [0.1, 0.15) is 5.54 Å². The van der Waals surface area contributed by atoms with Gasteiger partial charge in [-0.1, -0.05) is 19.3 Å². The maximum atomic E-state index is 11.6. The molecular formula is C10H16N2O2. The van der Waals surface area contributed by atoms with Crippen LogP contribution in [0.3, 0.4) is 0 Å². The van der Waals surface area contributed by atoms with Gasteiger partial charge in [0.2, 0.25) is 0 Å². The van der Waals surface area contributed by atoms with E-state index < -0.39 is 5.54 Å². The van der Waals surface area contributed by atoms with Crippen molar-refractivity contribution in [2.45, 2.75) is 38.1 Å². The molecule has 14 heavy (non-hydrogen) atoms. The fourth-order valence-electron chi connectivity index (χ4n) is 2.18. The Morgan fingerprint density at radius 3 is 2.50 bits per heavy atom. The first-order valence-corrected chi connectivity index (χ1v) is 5.13. The number of amides is 3. The van der Waals surface area contributed by atoms with Crippen molar-refractivity contribution in [2.75, 3.05) is 7.05 Å². The lowest BCUT2D eigenvalue weighted by Crippen LogP contribution is -2.47. The molecule has 0 aromatic heterocycles. The van der Waals surface area contributed by atoms with E-state index in [1.807, 2.05) is 6.92 Å². The summed E-state index contributed by atoms with van der Waals surface area (Å²) < 4.78 is 0. The molecule has 1 saturated heterocycles. The molecule has 1 saturated carbocycles. The molecule has 2 rings (SSSR count). The van der Waals surface area contributed by atoms with Crippen molar-refractivity contribution in [3.8, 4) is 0 Å². The van der Waals surface area contributed by atoms with E-state index in [9.17, 15) is 9.59 Å². The van der Waals surface area contributed by atoms with Gasteiger partial charge in [-0.25, -0.2) is 4.79 Å². The molecule has 1 heterocycles. The standard InChI is InChI=1S/C10H16N2O2/c1-10(6-7-4-3-5-7)8(13)11-9(14)12(10)2/h7H,3-6H2,1-2H3,(H,11,13,14). The van der Waals surface area contributed by atoms with E-state index in [0.717, 1.165) is 6.42 Å². The lowest BCUT2D eigenvalue weighted by molar-refractivity contribution is -0.126. The van der Waals surface area contributed by atoms with Gasteiger partial charge in [-0.05, 0) is 19.3 Å². The molecule has 0 spiro atoms. The van der Waals surface area contributed by atoms with Crippen LogP contribution in [0.5, 0.6) is 0 Å². The molecule has 78 valence electrons. The zero-order chi connectivity index (χ0) is 10.3. The van der Waals surface area contributed by atoms with Crippen molar-refractivity contribution in [2.24, 2.45) is 5.92 Å². The minimum absolute atomic E-state index is 0.142. The molecule has 0 bridgehead atoms. The maximum absolute atomic E-state index is 11.6. The molecule has 4 nitrogen and oxygen atoms in total. The third-order valence-electron chi connectivity index (χ3n) is 3.67. The zero-order valence-electron chi connectivity index (χ0n) is 8.67. The molecule has 1 N–H and O–H groups in total. The van der Waals surface area contributed by atoms with E-state index >= 15 is 0 Å². The fourth-order valence-corrected chi connectivity index (χ4v) is 2.18. The summed E-state index contributed by atoms with van der Waals surface area (Å²) in [5.74, 6) is 0.482. The molecule has 0 radical (unpaired) electrons. The number of urea groups is 1. The number of hydrogen-bond acceptors (Lipinski definition) is 2. The zero-order valence-corrected chi connectivity index (χ0v) is 8.67. The lowest BCUT2D eigenvalue weighted by atomic mass is 9.76. The Hall–Kier alpha value is -1.06. The number of carbonyl (C=O) groups excluding carboxylic acids is 2. The highest BCUT2D eigenvalue weighted by Gasteiger charge is 2.48. The SMILES string of the molecule is CN1C(=O)NC(=O)C1(C)CC1CCC1. The van der Waals surface area contributed by atoms with Crippen LogP contribution in [0.4, 0.5) is 4.79 Å². The summed E-state index contributed by atoms with van der Waals surface area (Å²) in [5, 5.41) is 2.36. The Kier molecular flexibility index (Phi) is 2.01. The number of imide groups is 1. The largest absolute Gasteiger partial charge is 0.324 e. The normalized spacial score (nSPS) is 33.1. The Morgan fingerprint density at radius 2 is 2.14 bits per heavy atom. The third-order valence-corrected chi connectivity index (χ3v) is 3.67. The molecule has 2 fully saturated rings. The van der Waals surface area contributed by atoms with Gasteiger partial charge in [0.15, 0.2) is 0 Å². The Bertz CT molecular complexity index is 286. The van der Waals surface area contributed by atoms with Gasteiger partial charge in [-0.15, -0.1) is 0 Å². The minimum atomic E-state index is -0.609. The van der Waals surface area contributed by atoms with Crippen molar-refractivity contribution in [3.63, 3.8) is 0 Å². The molecule has 1 atom stereocenters. The van der Waals surface area contributed by atoms with E-state index in [1.54, 1.807) is 7.05 Å². The van der Waals surface area contributed by atoms with E-state index in [-0.39, 0.29) is 11.9 Å². The second-order valence-electron chi connectivity index (χ2n) is 4.59. The highest BCUT2D eigenvalue weighted by atomic mass is 16.2. The summed E-state index contributed by atoms with van der Waals surface area (Å²) in [6.07, 6.45) is 4.47. The summed E-state index contributed by atoms with van der Waals surface area (Å²) in [6, 6.07) is -0.267. The van der Waals surface area contributed by atoms with E-state index in [1.165, 1.54) is 24.2 Å². The molecule has 1 aliphatic heterocycles. The first-order valence-electron chi connectivity index (χ1n) is 5.13. The number of likely N-dealkylation sites (N-methyl/N-ethyl adjacent to an activating group) is 1. The number of nitrogens with one attached hydrogen (secondary N) is 1. The highest BCUT2D eigenvalue weighted by Crippen LogP contribution is 2.37. The summed E-state index contributed by atoms with van der Waals surface area (Å²) in [4.78, 5) is 24.4. The second-order valence-corrected chi connectivity index (χ2v) is 4.59.